The number of fused-ring (bicyclic) bond motifs is 2. The molecule has 0 atom stereocenters. The van der Waals surface area contributed by atoms with Gasteiger partial charge in [-0.25, -0.2) is 4.98 Å². The van der Waals surface area contributed by atoms with Crippen molar-refractivity contribution in [2.75, 3.05) is 14.2 Å². The van der Waals surface area contributed by atoms with E-state index in [2.05, 4.69) is 15.9 Å². The van der Waals surface area contributed by atoms with Gasteiger partial charge in [-0.2, -0.15) is 4.99 Å². The number of carbonyl (C=O) groups is 1. The molecule has 0 saturated heterocycles. The van der Waals surface area contributed by atoms with Crippen molar-refractivity contribution in [1.29, 1.82) is 0 Å². The summed E-state index contributed by atoms with van der Waals surface area (Å²) in [6.07, 6.45) is 5.54. The molecule has 0 unspecified atom stereocenters. The number of hydrogen-bond donors (Lipinski definition) is 0. The van der Waals surface area contributed by atoms with Crippen molar-refractivity contribution in [3.8, 4) is 23.8 Å². The fourth-order valence-corrected chi connectivity index (χ4v) is 4.71. The molecule has 0 fully saturated rings. The van der Waals surface area contributed by atoms with Crippen molar-refractivity contribution in [2.24, 2.45) is 4.99 Å². The number of nitrogens with zero attached hydrogens (tertiary/aromatic N) is 3. The van der Waals surface area contributed by atoms with E-state index in [0.29, 0.717) is 21.3 Å². The molecule has 28 heavy (non-hydrogen) atoms. The van der Waals surface area contributed by atoms with Crippen LogP contribution < -0.4 is 14.3 Å². The Balaban J connectivity index is 1.87. The summed E-state index contributed by atoms with van der Waals surface area (Å²) in [6.45, 7) is 0.279. The lowest BCUT2D eigenvalue weighted by molar-refractivity contribution is 0.0997. The third kappa shape index (κ3) is 3.15. The second-order valence-electron chi connectivity index (χ2n) is 5.75. The van der Waals surface area contributed by atoms with Gasteiger partial charge in [0.2, 0.25) is 0 Å². The molecule has 0 N–H and O–H groups in total. The van der Waals surface area contributed by atoms with Crippen LogP contribution in [-0.2, 0) is 6.54 Å². The van der Waals surface area contributed by atoms with Gasteiger partial charge in [0.15, 0.2) is 21.3 Å². The zero-order valence-corrected chi connectivity index (χ0v) is 16.8. The van der Waals surface area contributed by atoms with Crippen molar-refractivity contribution in [3.05, 3.63) is 46.2 Å². The summed E-state index contributed by atoms with van der Waals surface area (Å²) in [7, 11) is 3.15. The number of methoxy groups -OCH3 is 2. The van der Waals surface area contributed by atoms with Crippen molar-refractivity contribution in [2.45, 2.75) is 6.54 Å². The summed E-state index contributed by atoms with van der Waals surface area (Å²) in [5, 5.41) is 0.348. The van der Waals surface area contributed by atoms with E-state index in [-0.39, 0.29) is 6.54 Å². The summed E-state index contributed by atoms with van der Waals surface area (Å²) in [4.78, 5) is 21.9. The molecule has 140 valence electrons. The van der Waals surface area contributed by atoms with Gasteiger partial charge in [-0.1, -0.05) is 29.4 Å². The van der Waals surface area contributed by atoms with Gasteiger partial charge in [-0.05, 0) is 12.1 Å². The molecule has 0 saturated carbocycles. The highest BCUT2D eigenvalue weighted by Gasteiger charge is 2.15. The molecule has 4 rings (SSSR count). The van der Waals surface area contributed by atoms with Crippen LogP contribution in [0.5, 0.6) is 11.5 Å². The average Bonchev–Trinajstić information content (AvgIpc) is 3.28. The molecular weight excluding hydrogens is 394 g/mol. The summed E-state index contributed by atoms with van der Waals surface area (Å²) in [5.74, 6) is 3.42. The van der Waals surface area contributed by atoms with Crippen molar-refractivity contribution in [3.63, 3.8) is 0 Å². The highest BCUT2D eigenvalue weighted by atomic mass is 32.1. The van der Waals surface area contributed by atoms with Gasteiger partial charge >= 0.3 is 5.91 Å². The van der Waals surface area contributed by atoms with E-state index in [1.165, 1.54) is 22.7 Å². The van der Waals surface area contributed by atoms with E-state index < -0.39 is 5.91 Å². The first kappa shape index (κ1) is 18.2. The quantitative estimate of drug-likeness (QED) is 0.482. The van der Waals surface area contributed by atoms with Crippen LogP contribution in [0.1, 0.15) is 9.80 Å². The zero-order chi connectivity index (χ0) is 19.7. The van der Waals surface area contributed by atoms with E-state index in [9.17, 15) is 4.79 Å². The van der Waals surface area contributed by atoms with E-state index in [4.69, 9.17) is 15.9 Å². The van der Waals surface area contributed by atoms with Crippen LogP contribution in [0.15, 0.2) is 41.4 Å². The summed E-state index contributed by atoms with van der Waals surface area (Å²) < 4.78 is 14.4. The summed E-state index contributed by atoms with van der Waals surface area (Å²) >= 11 is 2.69. The van der Waals surface area contributed by atoms with Crippen LogP contribution in [0, 0.1) is 12.3 Å². The molecule has 0 spiro atoms. The molecule has 0 aliphatic carbocycles. The monoisotopic (exact) mass is 409 g/mol. The largest absolute Gasteiger partial charge is 0.493 e. The predicted octanol–water partition coefficient (Wildman–Crippen LogP) is 3.70. The minimum atomic E-state index is -0.391. The first-order chi connectivity index (χ1) is 13.6. The normalized spacial score (nSPS) is 11.7. The van der Waals surface area contributed by atoms with Gasteiger partial charge in [-0.3, -0.25) is 4.79 Å². The van der Waals surface area contributed by atoms with Crippen molar-refractivity contribution >= 4 is 49.0 Å². The third-order valence-corrected chi connectivity index (χ3v) is 6.18. The number of rotatable bonds is 4. The second kappa shape index (κ2) is 7.46. The molecule has 8 heteroatoms. The lowest BCUT2D eigenvalue weighted by atomic mass is 10.3. The average molecular weight is 409 g/mol. The number of aromatic nitrogens is 2. The fourth-order valence-electron chi connectivity index (χ4n) is 2.82. The van der Waals surface area contributed by atoms with Crippen LogP contribution >= 0.6 is 22.7 Å². The molecule has 0 aliphatic rings. The Labute approximate surface area is 168 Å². The highest BCUT2D eigenvalue weighted by molar-refractivity contribution is 7.20. The predicted molar refractivity (Wildman–Crippen MR) is 111 cm³/mol. The highest BCUT2D eigenvalue weighted by Crippen LogP contribution is 2.33. The number of hydrogen-bond acceptors (Lipinski definition) is 6. The number of para-hydroxylation sites is 1. The number of terminal acetylenes is 1. The zero-order valence-electron chi connectivity index (χ0n) is 15.1. The molecule has 2 aromatic carbocycles. The van der Waals surface area contributed by atoms with Crippen molar-refractivity contribution < 1.29 is 14.3 Å². The van der Waals surface area contributed by atoms with E-state index in [0.717, 1.165) is 20.4 Å². The maximum absolute atomic E-state index is 12.7. The van der Waals surface area contributed by atoms with E-state index in [1.807, 2.05) is 41.0 Å². The van der Waals surface area contributed by atoms with Crippen LogP contribution in [0.3, 0.4) is 0 Å². The standard InChI is InChI=1S/C20H15N3O3S2/c1-4-9-23-13-10-14(25-2)15(26-3)11-17(13)28-20(23)22-18(24)19-21-12-7-5-6-8-16(12)27-19/h1,5-8,10-11H,9H2,2-3H3. The summed E-state index contributed by atoms with van der Waals surface area (Å²) in [5.41, 5.74) is 1.62. The fraction of sp³-hybridized carbons (Fsp3) is 0.150. The third-order valence-electron chi connectivity index (χ3n) is 4.11. The SMILES string of the molecule is C#CCn1c(=NC(=O)c2nc3ccccc3s2)sc2cc(OC)c(OC)cc21. The van der Waals surface area contributed by atoms with Gasteiger partial charge in [0.05, 0.1) is 41.2 Å². The van der Waals surface area contributed by atoms with Gasteiger partial charge in [0, 0.05) is 12.1 Å². The number of thiazole rings is 2. The molecule has 2 aromatic heterocycles. The second-order valence-corrected chi connectivity index (χ2v) is 7.79. The Kier molecular flexibility index (Phi) is 4.86. The Hall–Kier alpha value is -3.15. The Bertz CT molecular complexity index is 1270. The first-order valence-corrected chi connectivity index (χ1v) is 9.91. The molecule has 1 amide bonds. The van der Waals surface area contributed by atoms with Crippen molar-refractivity contribution in [1.82, 2.24) is 9.55 Å². The van der Waals surface area contributed by atoms with Gasteiger partial charge in [0.25, 0.3) is 0 Å². The Morgan fingerprint density at radius 3 is 2.64 bits per heavy atom. The smallest absolute Gasteiger partial charge is 0.308 e. The molecule has 0 aliphatic heterocycles. The minimum Gasteiger partial charge on any atom is -0.493 e. The number of benzene rings is 2. The first-order valence-electron chi connectivity index (χ1n) is 8.28. The molecule has 0 bridgehead atoms. The Morgan fingerprint density at radius 2 is 1.93 bits per heavy atom. The lowest BCUT2D eigenvalue weighted by Crippen LogP contribution is -2.16. The van der Waals surface area contributed by atoms with E-state index >= 15 is 0 Å². The number of carbonyl (C=O) groups excluding carboxylic acids is 1. The van der Waals surface area contributed by atoms with Crippen LogP contribution in [0.25, 0.3) is 20.4 Å². The molecule has 2 heterocycles. The van der Waals surface area contributed by atoms with Crippen LogP contribution in [0.4, 0.5) is 0 Å². The maximum Gasteiger partial charge on any atom is 0.308 e. The molecule has 0 radical (unpaired) electrons. The van der Waals surface area contributed by atoms with E-state index in [1.54, 1.807) is 14.2 Å². The maximum atomic E-state index is 12.7. The Morgan fingerprint density at radius 1 is 1.18 bits per heavy atom. The molecular formula is C20H15N3O3S2. The van der Waals surface area contributed by atoms with Crippen LogP contribution in [0.2, 0.25) is 0 Å². The molecule has 6 nitrogen and oxygen atoms in total. The lowest BCUT2D eigenvalue weighted by Gasteiger charge is -2.08. The van der Waals surface area contributed by atoms with Crippen LogP contribution in [-0.4, -0.2) is 29.7 Å². The van der Waals surface area contributed by atoms with Gasteiger partial charge in [0.1, 0.15) is 0 Å². The number of ether oxygens (including phenoxy) is 2. The van der Waals surface area contributed by atoms with Gasteiger partial charge in [-0.15, -0.1) is 17.8 Å². The minimum absolute atomic E-state index is 0.279. The van der Waals surface area contributed by atoms with Gasteiger partial charge < -0.3 is 14.0 Å². The summed E-state index contributed by atoms with van der Waals surface area (Å²) in [6, 6.07) is 11.3. The topological polar surface area (TPSA) is 65.7 Å². The molecule has 4 aromatic rings. The number of amides is 1.